The van der Waals surface area contributed by atoms with Gasteiger partial charge in [-0.1, -0.05) is 25.1 Å². The topological polar surface area (TPSA) is 55.8 Å². The van der Waals surface area contributed by atoms with Crippen molar-refractivity contribution < 1.29 is 19.1 Å². The van der Waals surface area contributed by atoms with E-state index in [9.17, 15) is 9.59 Å². The summed E-state index contributed by atoms with van der Waals surface area (Å²) in [7, 11) is 0. The number of nitrogens with zero attached hydrogens (tertiary/aromatic N) is 1. The summed E-state index contributed by atoms with van der Waals surface area (Å²) in [6.07, 6.45) is 0.194. The van der Waals surface area contributed by atoms with Gasteiger partial charge in [-0.3, -0.25) is 4.79 Å². The summed E-state index contributed by atoms with van der Waals surface area (Å²) in [6, 6.07) is 7.60. The van der Waals surface area contributed by atoms with Crippen LogP contribution in [0.3, 0.4) is 0 Å². The van der Waals surface area contributed by atoms with Crippen LogP contribution in [0.1, 0.15) is 52.6 Å². The van der Waals surface area contributed by atoms with Crippen molar-refractivity contribution in [1.82, 2.24) is 4.90 Å². The first-order chi connectivity index (χ1) is 12.3. The zero-order chi connectivity index (χ0) is 19.3. The van der Waals surface area contributed by atoms with Gasteiger partial charge < -0.3 is 14.4 Å². The number of likely N-dealkylation sites (tertiary alicyclic amines) is 1. The number of hydrogen-bond acceptors (Lipinski definition) is 5. The molecule has 0 radical (unpaired) electrons. The SMILES string of the molecule is CCOC(=O)[C@H]1CCN(C(=O)OC(C)(C)C)[C@H]1c1ccccc1SCC. The minimum atomic E-state index is -0.582. The first kappa shape index (κ1) is 20.6. The maximum absolute atomic E-state index is 12.8. The molecular weight excluding hydrogens is 350 g/mol. The van der Waals surface area contributed by atoms with E-state index in [-0.39, 0.29) is 24.0 Å². The maximum Gasteiger partial charge on any atom is 0.410 e. The van der Waals surface area contributed by atoms with Crippen LogP contribution in [0.5, 0.6) is 0 Å². The largest absolute Gasteiger partial charge is 0.466 e. The van der Waals surface area contributed by atoms with Crippen LogP contribution in [-0.2, 0) is 14.3 Å². The van der Waals surface area contributed by atoms with Crippen molar-refractivity contribution in [1.29, 1.82) is 0 Å². The summed E-state index contributed by atoms with van der Waals surface area (Å²) in [6.45, 7) is 10.2. The molecule has 6 heteroatoms. The Morgan fingerprint density at radius 2 is 1.92 bits per heavy atom. The Labute approximate surface area is 160 Å². The lowest BCUT2D eigenvalue weighted by molar-refractivity contribution is -0.148. The van der Waals surface area contributed by atoms with Crippen LogP contribution >= 0.6 is 11.8 Å². The van der Waals surface area contributed by atoms with Gasteiger partial charge in [0.1, 0.15) is 5.60 Å². The average molecular weight is 380 g/mol. The van der Waals surface area contributed by atoms with Crippen molar-refractivity contribution >= 4 is 23.8 Å². The van der Waals surface area contributed by atoms with Crippen LogP contribution < -0.4 is 0 Å². The number of hydrogen-bond donors (Lipinski definition) is 0. The molecule has 1 aromatic carbocycles. The van der Waals surface area contributed by atoms with E-state index < -0.39 is 5.60 Å². The molecule has 26 heavy (non-hydrogen) atoms. The minimum absolute atomic E-state index is 0.250. The highest BCUT2D eigenvalue weighted by Gasteiger charge is 2.45. The van der Waals surface area contributed by atoms with E-state index in [0.717, 1.165) is 16.2 Å². The third kappa shape index (κ3) is 4.93. The highest BCUT2D eigenvalue weighted by molar-refractivity contribution is 7.99. The molecule has 2 rings (SSSR count). The molecule has 1 aliphatic rings. The molecule has 0 spiro atoms. The third-order valence-corrected chi connectivity index (χ3v) is 5.12. The van der Waals surface area contributed by atoms with Crippen molar-refractivity contribution in [3.8, 4) is 0 Å². The predicted molar refractivity (Wildman–Crippen MR) is 103 cm³/mol. The van der Waals surface area contributed by atoms with Gasteiger partial charge in [-0.25, -0.2) is 4.79 Å². The number of carbonyl (C=O) groups excluding carboxylic acids is 2. The molecule has 1 amide bonds. The van der Waals surface area contributed by atoms with E-state index in [1.54, 1.807) is 23.6 Å². The van der Waals surface area contributed by atoms with Crippen molar-refractivity contribution in [3.63, 3.8) is 0 Å². The molecule has 0 unspecified atom stereocenters. The molecule has 2 atom stereocenters. The van der Waals surface area contributed by atoms with Crippen molar-refractivity contribution in [3.05, 3.63) is 29.8 Å². The van der Waals surface area contributed by atoms with Gasteiger partial charge in [0.15, 0.2) is 0 Å². The highest BCUT2D eigenvalue weighted by Crippen LogP contribution is 2.42. The van der Waals surface area contributed by atoms with Crippen molar-refractivity contribution in [2.24, 2.45) is 5.92 Å². The number of ether oxygens (including phenoxy) is 2. The number of benzene rings is 1. The molecule has 5 nitrogen and oxygen atoms in total. The van der Waals surface area contributed by atoms with Gasteiger partial charge in [-0.15, -0.1) is 11.8 Å². The summed E-state index contributed by atoms with van der Waals surface area (Å²) in [5, 5.41) is 0. The van der Waals surface area contributed by atoms with E-state index in [1.807, 2.05) is 45.0 Å². The van der Waals surface area contributed by atoms with E-state index in [4.69, 9.17) is 9.47 Å². The van der Waals surface area contributed by atoms with Crippen LogP contribution in [0.15, 0.2) is 29.2 Å². The second-order valence-corrected chi connectivity index (χ2v) is 8.54. The Morgan fingerprint density at radius 1 is 1.23 bits per heavy atom. The van der Waals surface area contributed by atoms with Gasteiger partial charge in [0.25, 0.3) is 0 Å². The lowest BCUT2D eigenvalue weighted by Gasteiger charge is -2.31. The summed E-state index contributed by atoms with van der Waals surface area (Å²) < 4.78 is 10.9. The first-order valence-electron chi connectivity index (χ1n) is 9.16. The molecule has 0 aliphatic carbocycles. The summed E-state index contributed by atoms with van der Waals surface area (Å²) in [5.74, 6) is 0.293. The second-order valence-electron chi connectivity index (χ2n) is 7.24. The molecule has 1 heterocycles. The molecule has 0 saturated carbocycles. The zero-order valence-electron chi connectivity index (χ0n) is 16.3. The molecule has 0 bridgehead atoms. The Morgan fingerprint density at radius 3 is 2.54 bits per heavy atom. The molecule has 144 valence electrons. The summed E-state index contributed by atoms with van der Waals surface area (Å²) in [4.78, 5) is 28.1. The fourth-order valence-electron chi connectivity index (χ4n) is 3.21. The Bertz CT molecular complexity index is 641. The predicted octanol–water partition coefficient (Wildman–Crippen LogP) is 4.66. The van der Waals surface area contributed by atoms with Gasteiger partial charge in [-0.05, 0) is 51.5 Å². The van der Waals surface area contributed by atoms with Crippen molar-refractivity contribution in [2.75, 3.05) is 18.9 Å². The number of carbonyl (C=O) groups is 2. The normalized spacial score (nSPS) is 20.1. The molecule has 1 saturated heterocycles. The van der Waals surface area contributed by atoms with E-state index in [2.05, 4.69) is 6.92 Å². The van der Waals surface area contributed by atoms with E-state index in [1.165, 1.54) is 0 Å². The molecule has 1 aliphatic heterocycles. The fourth-order valence-corrected chi connectivity index (χ4v) is 4.05. The Balaban J connectivity index is 2.40. The summed E-state index contributed by atoms with van der Waals surface area (Å²) in [5.41, 5.74) is 0.405. The molecule has 0 aromatic heterocycles. The number of esters is 1. The van der Waals surface area contributed by atoms with E-state index in [0.29, 0.717) is 19.6 Å². The van der Waals surface area contributed by atoms with Crippen LogP contribution in [0.2, 0.25) is 0 Å². The zero-order valence-corrected chi connectivity index (χ0v) is 17.1. The van der Waals surface area contributed by atoms with Crippen molar-refractivity contribution in [2.45, 2.75) is 57.6 Å². The molecule has 1 fully saturated rings. The smallest absolute Gasteiger partial charge is 0.410 e. The van der Waals surface area contributed by atoms with Gasteiger partial charge in [0.2, 0.25) is 0 Å². The Kier molecular flexibility index (Phi) is 6.98. The van der Waals surface area contributed by atoms with Gasteiger partial charge in [-0.2, -0.15) is 0 Å². The maximum atomic E-state index is 12.8. The quantitative estimate of drug-likeness (QED) is 0.550. The molecular formula is C20H29NO4S. The number of amides is 1. The standard InChI is InChI=1S/C20H29NO4S/c1-6-24-18(22)15-12-13-21(19(23)25-20(3,4)5)17(15)14-10-8-9-11-16(14)26-7-2/h8-11,15,17H,6-7,12-13H2,1-5H3/t15-,17-/m0/s1. The monoisotopic (exact) mass is 379 g/mol. The van der Waals surface area contributed by atoms with Gasteiger partial charge >= 0.3 is 12.1 Å². The van der Waals surface area contributed by atoms with Crippen LogP contribution in [0.4, 0.5) is 4.79 Å². The fraction of sp³-hybridized carbons (Fsp3) is 0.600. The molecule has 0 N–H and O–H groups in total. The number of thioether (sulfide) groups is 1. The third-order valence-electron chi connectivity index (χ3n) is 4.15. The van der Waals surface area contributed by atoms with Gasteiger partial charge in [0, 0.05) is 11.4 Å². The van der Waals surface area contributed by atoms with E-state index >= 15 is 0 Å². The summed E-state index contributed by atoms with van der Waals surface area (Å²) >= 11 is 1.71. The lowest BCUT2D eigenvalue weighted by Crippen LogP contribution is -2.38. The van der Waals surface area contributed by atoms with Gasteiger partial charge in [0.05, 0.1) is 18.6 Å². The second kappa shape index (κ2) is 8.80. The average Bonchev–Trinajstić information content (AvgIpc) is 2.99. The van der Waals surface area contributed by atoms with Crippen LogP contribution in [0.25, 0.3) is 0 Å². The first-order valence-corrected chi connectivity index (χ1v) is 10.1. The van der Waals surface area contributed by atoms with Crippen LogP contribution in [0, 0.1) is 5.92 Å². The molecule has 1 aromatic rings. The van der Waals surface area contributed by atoms with Crippen LogP contribution in [-0.4, -0.2) is 41.5 Å². The highest BCUT2D eigenvalue weighted by atomic mass is 32.2. The minimum Gasteiger partial charge on any atom is -0.466 e. The number of rotatable bonds is 5. The Hall–Kier alpha value is -1.69. The lowest BCUT2D eigenvalue weighted by atomic mass is 9.93.